The lowest BCUT2D eigenvalue weighted by molar-refractivity contribution is -0.118. The van der Waals surface area contributed by atoms with Gasteiger partial charge in [0.2, 0.25) is 5.91 Å². The highest BCUT2D eigenvalue weighted by Gasteiger charge is 2.14. The van der Waals surface area contributed by atoms with Gasteiger partial charge in [0.15, 0.2) is 5.57 Å². The van der Waals surface area contributed by atoms with Crippen LogP contribution in [0.2, 0.25) is 0 Å². The van der Waals surface area contributed by atoms with E-state index in [2.05, 4.69) is 10.6 Å². The molecule has 0 unspecified atom stereocenters. The van der Waals surface area contributed by atoms with Crippen molar-refractivity contribution in [2.45, 2.75) is 13.8 Å². The first-order chi connectivity index (χ1) is 11.0. The summed E-state index contributed by atoms with van der Waals surface area (Å²) in [6.45, 7) is 3.49. The molecule has 1 amide bonds. The Balaban J connectivity index is 3.29. The van der Waals surface area contributed by atoms with E-state index in [0.29, 0.717) is 17.1 Å². The Labute approximate surface area is 134 Å². The second-order valence-electron chi connectivity index (χ2n) is 4.77. The predicted molar refractivity (Wildman–Crippen MR) is 83.9 cm³/mol. The molecule has 1 aromatic rings. The molecular weight excluding hydrogens is 294 g/mol. The molecular formula is C16H15N5O2. The van der Waals surface area contributed by atoms with E-state index in [1.165, 1.54) is 7.11 Å². The van der Waals surface area contributed by atoms with Gasteiger partial charge in [-0.15, -0.1) is 0 Å². The summed E-state index contributed by atoms with van der Waals surface area (Å²) < 4.78 is 5.11. The lowest BCUT2D eigenvalue weighted by atomic mass is 10.1. The summed E-state index contributed by atoms with van der Waals surface area (Å²) in [5, 5.41) is 32.2. The van der Waals surface area contributed by atoms with Gasteiger partial charge in [0.1, 0.15) is 29.7 Å². The molecule has 7 nitrogen and oxygen atoms in total. The second kappa shape index (κ2) is 8.07. The Hall–Kier alpha value is -3.50. The molecule has 23 heavy (non-hydrogen) atoms. The first-order valence-electron chi connectivity index (χ1n) is 6.67. The number of hydrogen-bond donors (Lipinski definition) is 2. The highest BCUT2D eigenvalue weighted by Crippen LogP contribution is 2.29. The summed E-state index contributed by atoms with van der Waals surface area (Å²) in [5.74, 6) is 0.0521. The van der Waals surface area contributed by atoms with E-state index in [-0.39, 0.29) is 23.1 Å². The van der Waals surface area contributed by atoms with Crippen molar-refractivity contribution in [1.82, 2.24) is 0 Å². The number of methoxy groups -OCH3 is 1. The molecule has 1 rings (SSSR count). The van der Waals surface area contributed by atoms with Gasteiger partial charge in [0, 0.05) is 12.0 Å². The molecule has 0 spiro atoms. The van der Waals surface area contributed by atoms with Crippen LogP contribution in [0, 0.1) is 39.9 Å². The van der Waals surface area contributed by atoms with Crippen LogP contribution in [0.25, 0.3) is 0 Å². The van der Waals surface area contributed by atoms with Gasteiger partial charge in [-0.25, -0.2) is 0 Å². The fraction of sp³-hybridized carbons (Fsp3) is 0.250. The molecule has 0 aliphatic heterocycles. The summed E-state index contributed by atoms with van der Waals surface area (Å²) in [6.07, 6.45) is 0. The number of nitriles is 3. The van der Waals surface area contributed by atoms with Crippen molar-refractivity contribution in [2.24, 2.45) is 5.92 Å². The van der Waals surface area contributed by atoms with Crippen molar-refractivity contribution in [1.29, 1.82) is 15.8 Å². The minimum atomic E-state index is -0.343. The van der Waals surface area contributed by atoms with Crippen LogP contribution in [-0.2, 0) is 4.79 Å². The van der Waals surface area contributed by atoms with Gasteiger partial charge in [-0.1, -0.05) is 13.8 Å². The molecule has 0 saturated carbocycles. The third kappa shape index (κ3) is 4.49. The van der Waals surface area contributed by atoms with Crippen LogP contribution in [0.4, 0.5) is 11.4 Å². The summed E-state index contributed by atoms with van der Waals surface area (Å²) in [7, 11) is 1.49. The summed E-state index contributed by atoms with van der Waals surface area (Å²) in [5.41, 5.74) is 0.218. The number of benzene rings is 1. The number of allylic oxidation sites excluding steroid dienone is 2. The number of rotatable bonds is 5. The van der Waals surface area contributed by atoms with Crippen LogP contribution in [0.15, 0.2) is 29.5 Å². The van der Waals surface area contributed by atoms with Gasteiger partial charge < -0.3 is 15.4 Å². The quantitative estimate of drug-likeness (QED) is 0.806. The minimum absolute atomic E-state index is 0.194. The summed E-state index contributed by atoms with van der Waals surface area (Å²) in [6, 6.07) is 9.84. The standard InChI is InChI=1S/C16H15N5O2/c1-10(2)16(22)21-14-6-12(23-3)4-5-13(14)20-15(9-19)11(7-17)8-18/h4-6,10,20H,1-3H3,(H,21,22). The number of amides is 1. The number of anilines is 2. The molecule has 0 heterocycles. The molecule has 0 saturated heterocycles. The molecule has 0 aromatic heterocycles. The Kier molecular flexibility index (Phi) is 6.16. The molecule has 1 aromatic carbocycles. The second-order valence-corrected chi connectivity index (χ2v) is 4.77. The molecule has 0 bridgehead atoms. The summed E-state index contributed by atoms with van der Waals surface area (Å²) in [4.78, 5) is 11.9. The topological polar surface area (TPSA) is 122 Å². The number of carbonyl (C=O) groups excluding carboxylic acids is 1. The fourth-order valence-electron chi connectivity index (χ4n) is 1.56. The third-order valence-electron chi connectivity index (χ3n) is 2.85. The van der Waals surface area contributed by atoms with Crippen molar-refractivity contribution in [3.05, 3.63) is 29.5 Å². The third-order valence-corrected chi connectivity index (χ3v) is 2.85. The first kappa shape index (κ1) is 17.6. The van der Waals surface area contributed by atoms with Crippen LogP contribution >= 0.6 is 0 Å². The zero-order valence-electron chi connectivity index (χ0n) is 13.0. The largest absolute Gasteiger partial charge is 0.497 e. The molecule has 0 aliphatic carbocycles. The van der Waals surface area contributed by atoms with E-state index in [9.17, 15) is 4.79 Å². The fourth-order valence-corrected chi connectivity index (χ4v) is 1.56. The molecule has 0 atom stereocenters. The molecule has 0 aliphatic rings. The van der Waals surface area contributed by atoms with E-state index >= 15 is 0 Å². The highest BCUT2D eigenvalue weighted by molar-refractivity contribution is 5.96. The number of carbonyl (C=O) groups is 1. The van der Waals surface area contributed by atoms with E-state index in [1.807, 2.05) is 0 Å². The van der Waals surface area contributed by atoms with Gasteiger partial charge in [-0.05, 0) is 12.1 Å². The number of nitrogens with zero attached hydrogens (tertiary/aromatic N) is 3. The Morgan fingerprint density at radius 1 is 1.09 bits per heavy atom. The molecule has 116 valence electrons. The maximum absolute atomic E-state index is 11.9. The van der Waals surface area contributed by atoms with Crippen molar-refractivity contribution < 1.29 is 9.53 Å². The van der Waals surface area contributed by atoms with E-state index < -0.39 is 0 Å². The first-order valence-corrected chi connectivity index (χ1v) is 6.67. The predicted octanol–water partition coefficient (Wildman–Crippen LogP) is 2.53. The van der Waals surface area contributed by atoms with Crippen molar-refractivity contribution in [3.63, 3.8) is 0 Å². The Morgan fingerprint density at radius 2 is 1.74 bits per heavy atom. The van der Waals surface area contributed by atoms with E-state index in [0.717, 1.165) is 0 Å². The average molecular weight is 309 g/mol. The van der Waals surface area contributed by atoms with E-state index in [1.54, 1.807) is 50.3 Å². The monoisotopic (exact) mass is 309 g/mol. The normalized spacial score (nSPS) is 9.09. The van der Waals surface area contributed by atoms with Gasteiger partial charge in [-0.3, -0.25) is 4.79 Å². The molecule has 7 heteroatoms. The van der Waals surface area contributed by atoms with Crippen LogP contribution in [0.1, 0.15) is 13.8 Å². The minimum Gasteiger partial charge on any atom is -0.497 e. The van der Waals surface area contributed by atoms with Crippen LogP contribution in [0.3, 0.4) is 0 Å². The van der Waals surface area contributed by atoms with Crippen molar-refractivity contribution in [3.8, 4) is 24.0 Å². The maximum atomic E-state index is 11.9. The number of ether oxygens (including phenoxy) is 1. The zero-order chi connectivity index (χ0) is 17.4. The zero-order valence-corrected chi connectivity index (χ0v) is 13.0. The molecule has 2 N–H and O–H groups in total. The van der Waals surface area contributed by atoms with Crippen molar-refractivity contribution >= 4 is 17.3 Å². The lowest BCUT2D eigenvalue weighted by Crippen LogP contribution is -2.19. The van der Waals surface area contributed by atoms with Crippen LogP contribution in [0.5, 0.6) is 5.75 Å². The maximum Gasteiger partial charge on any atom is 0.226 e. The number of nitrogens with one attached hydrogen (secondary N) is 2. The van der Waals surface area contributed by atoms with Gasteiger partial charge >= 0.3 is 0 Å². The van der Waals surface area contributed by atoms with Crippen LogP contribution < -0.4 is 15.4 Å². The smallest absolute Gasteiger partial charge is 0.226 e. The Bertz CT molecular complexity index is 744. The summed E-state index contributed by atoms with van der Waals surface area (Å²) >= 11 is 0. The molecule has 0 radical (unpaired) electrons. The lowest BCUT2D eigenvalue weighted by Gasteiger charge is -2.15. The highest BCUT2D eigenvalue weighted by atomic mass is 16.5. The van der Waals surface area contributed by atoms with Crippen LogP contribution in [-0.4, -0.2) is 13.0 Å². The van der Waals surface area contributed by atoms with E-state index in [4.69, 9.17) is 20.5 Å². The number of hydrogen-bond acceptors (Lipinski definition) is 6. The SMILES string of the molecule is COc1ccc(NC(C#N)=C(C#N)C#N)c(NC(=O)C(C)C)c1. The van der Waals surface area contributed by atoms with Crippen molar-refractivity contribution in [2.75, 3.05) is 17.7 Å². The average Bonchev–Trinajstić information content (AvgIpc) is 2.55. The Morgan fingerprint density at radius 3 is 2.22 bits per heavy atom. The molecule has 0 fully saturated rings. The van der Waals surface area contributed by atoms with Gasteiger partial charge in [-0.2, -0.15) is 15.8 Å². The van der Waals surface area contributed by atoms with Gasteiger partial charge in [0.05, 0.1) is 18.5 Å². The van der Waals surface area contributed by atoms with Gasteiger partial charge in [0.25, 0.3) is 0 Å².